The van der Waals surface area contributed by atoms with Crippen LogP contribution >= 0.6 is 0 Å². The highest BCUT2D eigenvalue weighted by Crippen LogP contribution is 2.44. The summed E-state index contributed by atoms with van der Waals surface area (Å²) in [6.45, 7) is 11.5. The Labute approximate surface area is 241 Å². The molecule has 0 spiro atoms. The highest BCUT2D eigenvalue weighted by Gasteiger charge is 2.26. The SMILES string of the molecule is C=CCc1ccc(O)c(-c2cc(O[C@H]3CCc4cc(CC=C)cc(-c5cc(CC=C)ccc5O)c4O3)ccc2O)c1. The van der Waals surface area contributed by atoms with Crippen molar-refractivity contribution in [2.45, 2.75) is 38.4 Å². The third-order valence-electron chi connectivity index (χ3n) is 7.20. The van der Waals surface area contributed by atoms with Crippen molar-refractivity contribution in [3.05, 3.63) is 127 Å². The second kappa shape index (κ2) is 12.1. The third-order valence-corrected chi connectivity index (χ3v) is 7.20. The molecule has 5 heteroatoms. The minimum Gasteiger partial charge on any atom is -0.507 e. The van der Waals surface area contributed by atoms with Gasteiger partial charge < -0.3 is 24.8 Å². The summed E-state index contributed by atoms with van der Waals surface area (Å²) in [5.74, 6) is 1.44. The van der Waals surface area contributed by atoms with E-state index in [-0.39, 0.29) is 17.2 Å². The molecule has 1 aliphatic rings. The number of phenols is 3. The van der Waals surface area contributed by atoms with E-state index < -0.39 is 6.29 Å². The number of phenolic OH excluding ortho intramolecular Hbond substituents is 3. The van der Waals surface area contributed by atoms with Crippen LogP contribution in [0.3, 0.4) is 0 Å². The van der Waals surface area contributed by atoms with Gasteiger partial charge >= 0.3 is 0 Å². The van der Waals surface area contributed by atoms with Crippen LogP contribution in [0.5, 0.6) is 28.7 Å². The third kappa shape index (κ3) is 5.99. The van der Waals surface area contributed by atoms with Gasteiger partial charge in [0.25, 0.3) is 0 Å². The molecule has 0 fully saturated rings. The molecule has 3 N–H and O–H groups in total. The first kappa shape index (κ1) is 27.7. The summed E-state index contributed by atoms with van der Waals surface area (Å²) in [4.78, 5) is 0. The lowest BCUT2D eigenvalue weighted by molar-refractivity contribution is -0.00934. The fourth-order valence-corrected chi connectivity index (χ4v) is 5.25. The standard InChI is InChI=1S/C36H34O5/c1-4-7-23-10-14-32(37)28(19-23)30-22-27(13-16-34(30)39)40-35-17-12-26-18-25(9-6-3)21-31(36(26)41-35)29-20-24(8-5-2)11-15-33(29)38/h4-6,10-11,13-16,18-22,35,37-39H,1-3,7-9,12,17H2/t35-/m1/s1. The molecule has 1 aliphatic heterocycles. The van der Waals surface area contributed by atoms with Gasteiger partial charge in [0, 0.05) is 28.7 Å². The first-order valence-corrected chi connectivity index (χ1v) is 13.7. The Morgan fingerprint density at radius 3 is 1.78 bits per heavy atom. The highest BCUT2D eigenvalue weighted by atomic mass is 16.7. The summed E-state index contributed by atoms with van der Waals surface area (Å²) in [5.41, 5.74) is 6.59. The monoisotopic (exact) mass is 546 g/mol. The van der Waals surface area contributed by atoms with Crippen LogP contribution in [0.2, 0.25) is 0 Å². The molecule has 5 nitrogen and oxygen atoms in total. The molecule has 0 aliphatic carbocycles. The number of benzene rings is 4. The molecule has 0 amide bonds. The molecule has 0 unspecified atom stereocenters. The molecule has 1 heterocycles. The summed E-state index contributed by atoms with van der Waals surface area (Å²) >= 11 is 0. The van der Waals surface area contributed by atoms with Crippen molar-refractivity contribution in [1.82, 2.24) is 0 Å². The predicted octanol–water partition coefficient (Wildman–Crippen LogP) is 8.05. The van der Waals surface area contributed by atoms with Gasteiger partial charge in [0.15, 0.2) is 0 Å². The van der Waals surface area contributed by atoms with Crippen molar-refractivity contribution in [2.75, 3.05) is 0 Å². The van der Waals surface area contributed by atoms with Crippen LogP contribution in [-0.2, 0) is 25.7 Å². The van der Waals surface area contributed by atoms with Crippen LogP contribution in [0, 0.1) is 0 Å². The van der Waals surface area contributed by atoms with E-state index in [4.69, 9.17) is 9.47 Å². The molecule has 41 heavy (non-hydrogen) atoms. The fraction of sp³-hybridized carbons (Fsp3) is 0.167. The summed E-state index contributed by atoms with van der Waals surface area (Å²) in [6, 6.07) is 19.9. The summed E-state index contributed by atoms with van der Waals surface area (Å²) in [6.07, 6.45) is 8.25. The lowest BCUT2D eigenvalue weighted by Crippen LogP contribution is -2.29. The quantitative estimate of drug-likeness (QED) is 0.175. The Morgan fingerprint density at radius 2 is 1.17 bits per heavy atom. The Hall–Kier alpha value is -4.90. The number of aromatic hydroxyl groups is 3. The summed E-state index contributed by atoms with van der Waals surface area (Å²) < 4.78 is 12.7. The zero-order chi connectivity index (χ0) is 28.9. The van der Waals surface area contributed by atoms with E-state index in [0.29, 0.717) is 53.9 Å². The zero-order valence-electron chi connectivity index (χ0n) is 23.0. The van der Waals surface area contributed by atoms with E-state index in [1.165, 1.54) is 0 Å². The number of ether oxygens (including phenoxy) is 2. The Kier molecular flexibility index (Phi) is 8.16. The number of hydrogen-bond donors (Lipinski definition) is 3. The molecular formula is C36H34O5. The van der Waals surface area contributed by atoms with E-state index in [9.17, 15) is 15.3 Å². The van der Waals surface area contributed by atoms with Gasteiger partial charge in [-0.05, 0) is 96.5 Å². The maximum atomic E-state index is 10.8. The second-order valence-corrected chi connectivity index (χ2v) is 10.2. The molecule has 0 saturated heterocycles. The molecule has 4 aromatic carbocycles. The minimum absolute atomic E-state index is 0.0326. The van der Waals surface area contributed by atoms with Crippen LogP contribution in [0.15, 0.2) is 105 Å². The molecule has 0 aromatic heterocycles. The largest absolute Gasteiger partial charge is 0.507 e. The van der Waals surface area contributed by atoms with E-state index >= 15 is 0 Å². The van der Waals surface area contributed by atoms with Crippen molar-refractivity contribution in [3.8, 4) is 51.0 Å². The van der Waals surface area contributed by atoms with Crippen molar-refractivity contribution < 1.29 is 24.8 Å². The molecule has 0 saturated carbocycles. The zero-order valence-corrected chi connectivity index (χ0v) is 23.0. The summed E-state index contributed by atoms with van der Waals surface area (Å²) in [5, 5.41) is 32.0. The lowest BCUT2D eigenvalue weighted by atomic mass is 9.92. The van der Waals surface area contributed by atoms with Crippen molar-refractivity contribution >= 4 is 0 Å². The van der Waals surface area contributed by atoms with E-state index in [2.05, 4.69) is 25.8 Å². The van der Waals surface area contributed by atoms with Crippen molar-refractivity contribution in [2.24, 2.45) is 0 Å². The van der Waals surface area contributed by atoms with Crippen molar-refractivity contribution in [1.29, 1.82) is 0 Å². The molecule has 5 rings (SSSR count). The normalized spacial score (nSPS) is 14.0. The predicted molar refractivity (Wildman–Crippen MR) is 164 cm³/mol. The topological polar surface area (TPSA) is 79.2 Å². The summed E-state index contributed by atoms with van der Waals surface area (Å²) in [7, 11) is 0. The smallest absolute Gasteiger partial charge is 0.241 e. The van der Waals surface area contributed by atoms with Gasteiger partial charge in [-0.1, -0.05) is 36.4 Å². The van der Waals surface area contributed by atoms with Gasteiger partial charge in [0.05, 0.1) is 0 Å². The van der Waals surface area contributed by atoms with E-state index in [0.717, 1.165) is 34.2 Å². The molecule has 0 radical (unpaired) electrons. The molecule has 1 atom stereocenters. The van der Waals surface area contributed by atoms with Crippen LogP contribution in [0.25, 0.3) is 22.3 Å². The number of rotatable bonds is 10. The lowest BCUT2D eigenvalue weighted by Gasteiger charge is -2.29. The first-order chi connectivity index (χ1) is 19.9. The number of allylic oxidation sites excluding steroid dienone is 3. The average Bonchev–Trinajstić information content (AvgIpc) is 2.96. The number of hydrogen-bond acceptors (Lipinski definition) is 5. The van der Waals surface area contributed by atoms with Crippen LogP contribution in [0.1, 0.15) is 28.7 Å². The molecular weight excluding hydrogens is 512 g/mol. The average molecular weight is 547 g/mol. The highest BCUT2D eigenvalue weighted by molar-refractivity contribution is 5.79. The number of aryl methyl sites for hydroxylation is 1. The molecule has 0 bridgehead atoms. The molecule has 208 valence electrons. The fourth-order valence-electron chi connectivity index (χ4n) is 5.25. The maximum absolute atomic E-state index is 10.8. The van der Waals surface area contributed by atoms with Gasteiger partial charge in [-0.15, -0.1) is 19.7 Å². The van der Waals surface area contributed by atoms with Gasteiger partial charge in [0.1, 0.15) is 28.7 Å². The first-order valence-electron chi connectivity index (χ1n) is 13.7. The van der Waals surface area contributed by atoms with Crippen LogP contribution < -0.4 is 9.47 Å². The second-order valence-electron chi connectivity index (χ2n) is 10.2. The maximum Gasteiger partial charge on any atom is 0.241 e. The Balaban J connectivity index is 1.48. The van der Waals surface area contributed by atoms with Gasteiger partial charge in [0.2, 0.25) is 6.29 Å². The van der Waals surface area contributed by atoms with Crippen molar-refractivity contribution in [3.63, 3.8) is 0 Å². The Morgan fingerprint density at radius 1 is 0.659 bits per heavy atom. The van der Waals surface area contributed by atoms with E-state index in [1.54, 1.807) is 36.4 Å². The van der Waals surface area contributed by atoms with Gasteiger partial charge in [-0.25, -0.2) is 0 Å². The Bertz CT molecular complexity index is 1620. The van der Waals surface area contributed by atoms with Gasteiger partial charge in [-0.3, -0.25) is 0 Å². The molecule has 4 aromatic rings. The van der Waals surface area contributed by atoms with Crippen LogP contribution in [0.4, 0.5) is 0 Å². The minimum atomic E-state index is -0.594. The van der Waals surface area contributed by atoms with E-state index in [1.807, 2.05) is 42.5 Å². The van der Waals surface area contributed by atoms with Crippen LogP contribution in [-0.4, -0.2) is 21.6 Å². The number of fused-ring (bicyclic) bond motifs is 1. The van der Waals surface area contributed by atoms with Gasteiger partial charge in [-0.2, -0.15) is 0 Å².